The predicted octanol–water partition coefficient (Wildman–Crippen LogP) is 6.11. The molecule has 0 fully saturated rings. The summed E-state index contributed by atoms with van der Waals surface area (Å²) in [5.41, 5.74) is 6.01. The van der Waals surface area contributed by atoms with Crippen molar-refractivity contribution in [3.63, 3.8) is 0 Å². The number of carbonyl (C=O) groups excluding carboxylic acids is 1. The van der Waals surface area contributed by atoms with Crippen molar-refractivity contribution in [3.05, 3.63) is 83.6 Å². The van der Waals surface area contributed by atoms with Crippen LogP contribution in [0.4, 0.5) is 5.69 Å². The summed E-state index contributed by atoms with van der Waals surface area (Å²) in [6.45, 7) is 4.10. The normalized spacial score (nSPS) is 11.2. The molecule has 0 aliphatic rings. The van der Waals surface area contributed by atoms with E-state index in [4.69, 9.17) is 8.83 Å². The molecule has 0 spiro atoms. The molecule has 0 aliphatic heterocycles. The van der Waals surface area contributed by atoms with Crippen LogP contribution in [0.5, 0.6) is 0 Å². The van der Waals surface area contributed by atoms with Crippen molar-refractivity contribution in [3.8, 4) is 11.5 Å². The van der Waals surface area contributed by atoms with Crippen LogP contribution in [0, 0.1) is 13.8 Å². The van der Waals surface area contributed by atoms with E-state index in [0.717, 1.165) is 27.6 Å². The monoisotopic (exact) mass is 382 g/mol. The van der Waals surface area contributed by atoms with E-state index in [2.05, 4.69) is 17.2 Å². The molecule has 5 rings (SSSR count). The number of furan rings is 1. The molecule has 0 bridgehead atoms. The first-order valence-corrected chi connectivity index (χ1v) is 9.35. The Labute approximate surface area is 167 Å². The van der Waals surface area contributed by atoms with E-state index >= 15 is 0 Å². The van der Waals surface area contributed by atoms with E-state index in [1.165, 1.54) is 5.56 Å². The third-order valence-corrected chi connectivity index (χ3v) is 5.02. The van der Waals surface area contributed by atoms with Crippen molar-refractivity contribution >= 4 is 33.7 Å². The van der Waals surface area contributed by atoms with E-state index in [-0.39, 0.29) is 11.7 Å². The minimum absolute atomic E-state index is 0.268. The molecule has 0 aliphatic carbocycles. The highest BCUT2D eigenvalue weighted by Crippen LogP contribution is 2.28. The number of fused-ring (bicyclic) bond motifs is 2. The largest absolute Gasteiger partial charge is 0.451 e. The Kier molecular flexibility index (Phi) is 3.95. The van der Waals surface area contributed by atoms with Gasteiger partial charge in [-0.15, -0.1) is 0 Å². The average Bonchev–Trinajstić information content (AvgIpc) is 3.32. The Morgan fingerprint density at radius 3 is 2.55 bits per heavy atom. The van der Waals surface area contributed by atoms with E-state index in [1.54, 1.807) is 6.07 Å². The van der Waals surface area contributed by atoms with Gasteiger partial charge in [-0.25, -0.2) is 4.98 Å². The highest BCUT2D eigenvalue weighted by molar-refractivity contribution is 6.04. The number of aryl methyl sites for hydroxylation is 2. The van der Waals surface area contributed by atoms with Gasteiger partial charge in [0.05, 0.1) is 0 Å². The summed E-state index contributed by atoms with van der Waals surface area (Å²) < 4.78 is 11.6. The summed E-state index contributed by atoms with van der Waals surface area (Å²) >= 11 is 0. The Morgan fingerprint density at radius 2 is 1.69 bits per heavy atom. The van der Waals surface area contributed by atoms with Crippen LogP contribution < -0.4 is 5.32 Å². The van der Waals surface area contributed by atoms with Gasteiger partial charge in [-0.3, -0.25) is 4.79 Å². The summed E-state index contributed by atoms with van der Waals surface area (Å²) in [6.07, 6.45) is 0. The molecule has 3 aromatic carbocycles. The highest BCUT2D eigenvalue weighted by atomic mass is 16.4. The zero-order chi connectivity index (χ0) is 20.0. The first kappa shape index (κ1) is 17.3. The van der Waals surface area contributed by atoms with E-state index < -0.39 is 0 Å². The van der Waals surface area contributed by atoms with Crippen LogP contribution in [0.2, 0.25) is 0 Å². The molecule has 5 aromatic rings. The van der Waals surface area contributed by atoms with Crippen LogP contribution >= 0.6 is 0 Å². The van der Waals surface area contributed by atoms with Gasteiger partial charge in [0.25, 0.3) is 5.91 Å². The van der Waals surface area contributed by atoms with Crippen LogP contribution in [-0.2, 0) is 0 Å². The fourth-order valence-corrected chi connectivity index (χ4v) is 3.32. The predicted molar refractivity (Wildman–Crippen MR) is 113 cm³/mol. The van der Waals surface area contributed by atoms with Crippen molar-refractivity contribution in [2.75, 3.05) is 5.32 Å². The number of nitrogens with zero attached hydrogens (tertiary/aromatic N) is 1. The summed E-state index contributed by atoms with van der Waals surface area (Å²) in [5, 5.41) is 3.77. The lowest BCUT2D eigenvalue weighted by molar-refractivity contribution is 0.0998. The van der Waals surface area contributed by atoms with Crippen LogP contribution in [0.1, 0.15) is 21.7 Å². The Morgan fingerprint density at radius 1 is 0.862 bits per heavy atom. The van der Waals surface area contributed by atoms with E-state index in [9.17, 15) is 4.79 Å². The lowest BCUT2D eigenvalue weighted by Gasteiger charge is -2.04. The van der Waals surface area contributed by atoms with Crippen molar-refractivity contribution in [1.82, 2.24) is 4.98 Å². The maximum absolute atomic E-state index is 12.6. The van der Waals surface area contributed by atoms with Crippen LogP contribution in [0.3, 0.4) is 0 Å². The third-order valence-electron chi connectivity index (χ3n) is 5.02. The van der Waals surface area contributed by atoms with Gasteiger partial charge in [0.15, 0.2) is 11.3 Å². The van der Waals surface area contributed by atoms with E-state index in [0.29, 0.717) is 17.2 Å². The van der Waals surface area contributed by atoms with Crippen LogP contribution in [0.25, 0.3) is 33.5 Å². The zero-order valence-electron chi connectivity index (χ0n) is 16.0. The smallest absolute Gasteiger partial charge is 0.291 e. The summed E-state index contributed by atoms with van der Waals surface area (Å²) in [5.74, 6) is 0.483. The number of anilines is 1. The molecule has 2 aromatic heterocycles. The van der Waals surface area contributed by atoms with Crippen molar-refractivity contribution < 1.29 is 13.6 Å². The lowest BCUT2D eigenvalue weighted by atomic mass is 10.1. The molecule has 0 unspecified atom stereocenters. The topological polar surface area (TPSA) is 68.3 Å². The fourth-order valence-electron chi connectivity index (χ4n) is 3.32. The van der Waals surface area contributed by atoms with Gasteiger partial charge in [0, 0.05) is 16.6 Å². The van der Waals surface area contributed by atoms with Crippen molar-refractivity contribution in [2.45, 2.75) is 13.8 Å². The molecule has 2 heterocycles. The highest BCUT2D eigenvalue weighted by Gasteiger charge is 2.14. The molecule has 0 saturated carbocycles. The van der Waals surface area contributed by atoms with Crippen LogP contribution in [-0.4, -0.2) is 10.9 Å². The minimum Gasteiger partial charge on any atom is -0.451 e. The number of rotatable bonds is 3. The van der Waals surface area contributed by atoms with Gasteiger partial charge in [0.2, 0.25) is 5.89 Å². The van der Waals surface area contributed by atoms with Gasteiger partial charge in [-0.2, -0.15) is 0 Å². The quantitative estimate of drug-likeness (QED) is 0.409. The van der Waals surface area contributed by atoms with Gasteiger partial charge in [-0.1, -0.05) is 24.3 Å². The number of aromatic nitrogens is 1. The SMILES string of the molecule is Cc1cc2nc(-c3cccc(NC(=O)c4cc5ccccc5o4)c3)oc2cc1C. The Hall–Kier alpha value is -3.86. The van der Waals surface area contributed by atoms with Crippen molar-refractivity contribution in [2.24, 2.45) is 0 Å². The molecular weight excluding hydrogens is 364 g/mol. The number of nitrogens with one attached hydrogen (secondary N) is 1. The third kappa shape index (κ3) is 3.17. The molecule has 142 valence electrons. The number of oxazole rings is 1. The molecule has 0 saturated heterocycles. The molecule has 1 amide bonds. The van der Waals surface area contributed by atoms with E-state index in [1.807, 2.05) is 67.6 Å². The number of carbonyl (C=O) groups is 1. The van der Waals surface area contributed by atoms with Crippen LogP contribution in [0.15, 0.2) is 75.6 Å². The van der Waals surface area contributed by atoms with Gasteiger partial charge < -0.3 is 14.2 Å². The summed E-state index contributed by atoms with van der Waals surface area (Å²) in [4.78, 5) is 17.2. The number of hydrogen-bond donors (Lipinski definition) is 1. The maximum atomic E-state index is 12.6. The lowest BCUT2D eigenvalue weighted by Crippen LogP contribution is -2.10. The average molecular weight is 382 g/mol. The molecule has 0 atom stereocenters. The number of benzene rings is 3. The number of hydrogen-bond acceptors (Lipinski definition) is 4. The summed E-state index contributed by atoms with van der Waals surface area (Å²) in [7, 11) is 0. The molecule has 5 nitrogen and oxygen atoms in total. The first-order valence-electron chi connectivity index (χ1n) is 9.35. The van der Waals surface area contributed by atoms with Gasteiger partial charge in [0.1, 0.15) is 11.1 Å². The Balaban J connectivity index is 1.44. The second kappa shape index (κ2) is 6.63. The fraction of sp³-hybridized carbons (Fsp3) is 0.0833. The maximum Gasteiger partial charge on any atom is 0.291 e. The molecule has 1 N–H and O–H groups in total. The molecule has 29 heavy (non-hydrogen) atoms. The Bertz CT molecular complexity index is 1310. The van der Waals surface area contributed by atoms with Gasteiger partial charge in [-0.05, 0) is 67.4 Å². The molecule has 0 radical (unpaired) electrons. The second-order valence-corrected chi connectivity index (χ2v) is 7.11. The number of amides is 1. The standard InChI is InChI=1S/C24H18N2O3/c1-14-10-19-21(11-15(14)2)29-24(26-19)17-7-5-8-18(12-17)25-23(27)22-13-16-6-3-4-9-20(16)28-22/h3-13H,1-2H3,(H,25,27). The minimum atomic E-state index is -0.304. The van der Waals surface area contributed by atoms with Gasteiger partial charge >= 0.3 is 0 Å². The number of para-hydroxylation sites is 1. The molecular formula is C24H18N2O3. The zero-order valence-corrected chi connectivity index (χ0v) is 16.0. The second-order valence-electron chi connectivity index (χ2n) is 7.11. The first-order chi connectivity index (χ1) is 14.1. The molecule has 5 heteroatoms. The van der Waals surface area contributed by atoms with Crippen molar-refractivity contribution in [1.29, 1.82) is 0 Å². The summed E-state index contributed by atoms with van der Waals surface area (Å²) in [6, 6.07) is 20.7.